The SMILES string of the molecule is C=Cc1ccc2c(cc(C#N)n2C(C)CCN2CCN(SC)CC2)c1C. The summed E-state index contributed by atoms with van der Waals surface area (Å²) in [6.45, 7) is 13.8. The van der Waals surface area contributed by atoms with E-state index in [2.05, 4.69) is 58.7 Å². The molecule has 1 aromatic carbocycles. The highest BCUT2D eigenvalue weighted by molar-refractivity contribution is 7.96. The van der Waals surface area contributed by atoms with Crippen LogP contribution in [0, 0.1) is 18.3 Å². The van der Waals surface area contributed by atoms with Crippen molar-refractivity contribution >= 4 is 28.9 Å². The monoisotopic (exact) mass is 368 g/mol. The zero-order valence-electron chi connectivity index (χ0n) is 16.0. The van der Waals surface area contributed by atoms with Crippen LogP contribution in [0.25, 0.3) is 17.0 Å². The lowest BCUT2D eigenvalue weighted by molar-refractivity contribution is 0.187. The molecule has 0 aliphatic carbocycles. The molecule has 0 radical (unpaired) electrons. The van der Waals surface area contributed by atoms with Gasteiger partial charge in [-0.3, -0.25) is 0 Å². The molecular formula is C21H28N4S. The van der Waals surface area contributed by atoms with E-state index in [9.17, 15) is 5.26 Å². The summed E-state index contributed by atoms with van der Waals surface area (Å²) in [5, 5.41) is 10.8. The standard InChI is InChI=1S/C21H28N4S/c1-5-18-6-7-21-20(17(18)3)14-19(15-22)25(21)16(2)8-9-23-10-12-24(26-4)13-11-23/h5-7,14,16H,1,8-13H2,2-4H3. The second-order valence-electron chi connectivity index (χ2n) is 7.02. The topological polar surface area (TPSA) is 35.2 Å². The van der Waals surface area contributed by atoms with Crippen LogP contribution in [0.4, 0.5) is 0 Å². The zero-order chi connectivity index (χ0) is 18.7. The first-order valence-corrected chi connectivity index (χ1v) is 10.5. The Morgan fingerprint density at radius 3 is 2.65 bits per heavy atom. The maximum Gasteiger partial charge on any atom is 0.121 e. The minimum absolute atomic E-state index is 0.301. The molecule has 5 heteroatoms. The largest absolute Gasteiger partial charge is 0.329 e. The summed E-state index contributed by atoms with van der Waals surface area (Å²) in [5.74, 6) is 0. The van der Waals surface area contributed by atoms with Crippen LogP contribution in [0.2, 0.25) is 0 Å². The summed E-state index contributed by atoms with van der Waals surface area (Å²) in [6, 6.07) is 8.97. The number of benzene rings is 1. The molecule has 1 unspecified atom stereocenters. The molecule has 138 valence electrons. The Morgan fingerprint density at radius 2 is 2.04 bits per heavy atom. The minimum Gasteiger partial charge on any atom is -0.329 e. The van der Waals surface area contributed by atoms with Crippen molar-refractivity contribution in [2.75, 3.05) is 39.0 Å². The highest BCUT2D eigenvalue weighted by Gasteiger charge is 2.19. The van der Waals surface area contributed by atoms with E-state index in [1.54, 1.807) is 0 Å². The van der Waals surface area contributed by atoms with Crippen LogP contribution in [0.1, 0.15) is 36.2 Å². The van der Waals surface area contributed by atoms with E-state index < -0.39 is 0 Å². The Bertz CT molecular complexity index is 825. The second-order valence-corrected chi connectivity index (χ2v) is 7.90. The van der Waals surface area contributed by atoms with E-state index in [0.29, 0.717) is 6.04 Å². The summed E-state index contributed by atoms with van der Waals surface area (Å²) in [5.41, 5.74) is 4.25. The lowest BCUT2D eigenvalue weighted by Gasteiger charge is -2.33. The number of fused-ring (bicyclic) bond motifs is 1. The predicted molar refractivity (Wildman–Crippen MR) is 112 cm³/mol. The van der Waals surface area contributed by atoms with Gasteiger partial charge < -0.3 is 9.47 Å². The molecule has 1 fully saturated rings. The third-order valence-corrected chi connectivity index (χ3v) is 6.44. The third kappa shape index (κ3) is 3.68. The molecule has 2 aromatic rings. The average molecular weight is 369 g/mol. The van der Waals surface area contributed by atoms with Gasteiger partial charge in [0.05, 0.1) is 0 Å². The average Bonchev–Trinajstić information content (AvgIpc) is 3.06. The molecule has 0 spiro atoms. The van der Waals surface area contributed by atoms with Gasteiger partial charge >= 0.3 is 0 Å². The van der Waals surface area contributed by atoms with E-state index >= 15 is 0 Å². The zero-order valence-corrected chi connectivity index (χ0v) is 16.9. The summed E-state index contributed by atoms with van der Waals surface area (Å²) in [6.07, 6.45) is 5.09. The van der Waals surface area contributed by atoms with Crippen LogP contribution in [0.15, 0.2) is 24.8 Å². The van der Waals surface area contributed by atoms with Crippen molar-refractivity contribution in [2.45, 2.75) is 26.3 Å². The fraction of sp³-hybridized carbons (Fsp3) is 0.476. The molecule has 1 aliphatic rings. The van der Waals surface area contributed by atoms with Gasteiger partial charge in [0.25, 0.3) is 0 Å². The van der Waals surface area contributed by atoms with Gasteiger partial charge in [-0.15, -0.1) is 0 Å². The Balaban J connectivity index is 1.78. The van der Waals surface area contributed by atoms with Gasteiger partial charge in [-0.05, 0) is 49.8 Å². The minimum atomic E-state index is 0.301. The Labute approximate surface area is 161 Å². The van der Waals surface area contributed by atoms with Gasteiger partial charge in [0.15, 0.2) is 0 Å². The fourth-order valence-corrected chi connectivity index (χ4v) is 4.40. The summed E-state index contributed by atoms with van der Waals surface area (Å²) in [4.78, 5) is 2.54. The number of nitrogens with zero attached hydrogens (tertiary/aromatic N) is 4. The van der Waals surface area contributed by atoms with Crippen molar-refractivity contribution in [1.82, 2.24) is 13.8 Å². The van der Waals surface area contributed by atoms with Gasteiger partial charge in [0, 0.05) is 49.7 Å². The Kier molecular flexibility index (Phi) is 6.08. The molecule has 2 heterocycles. The maximum atomic E-state index is 9.65. The molecule has 0 N–H and O–H groups in total. The lowest BCUT2D eigenvalue weighted by atomic mass is 10.0. The Morgan fingerprint density at radius 1 is 1.31 bits per heavy atom. The van der Waals surface area contributed by atoms with Crippen LogP contribution in [0.3, 0.4) is 0 Å². The van der Waals surface area contributed by atoms with E-state index in [4.69, 9.17) is 0 Å². The lowest BCUT2D eigenvalue weighted by Crippen LogP contribution is -2.43. The van der Waals surface area contributed by atoms with Gasteiger partial charge in [-0.25, -0.2) is 4.31 Å². The summed E-state index contributed by atoms with van der Waals surface area (Å²) in [7, 11) is 0. The second kappa shape index (κ2) is 8.30. The van der Waals surface area contributed by atoms with Crippen LogP contribution in [-0.4, -0.2) is 52.8 Å². The maximum absolute atomic E-state index is 9.65. The highest BCUT2D eigenvalue weighted by Crippen LogP contribution is 2.30. The first kappa shape index (κ1) is 19.0. The third-order valence-electron chi connectivity index (χ3n) is 5.56. The summed E-state index contributed by atoms with van der Waals surface area (Å²) < 4.78 is 4.64. The van der Waals surface area contributed by atoms with Crippen molar-refractivity contribution in [1.29, 1.82) is 5.26 Å². The highest BCUT2D eigenvalue weighted by atomic mass is 32.2. The number of rotatable bonds is 6. The van der Waals surface area contributed by atoms with Gasteiger partial charge in [0.1, 0.15) is 11.8 Å². The van der Waals surface area contributed by atoms with Gasteiger partial charge in [-0.1, -0.05) is 30.7 Å². The molecule has 4 nitrogen and oxygen atoms in total. The van der Waals surface area contributed by atoms with Crippen molar-refractivity contribution in [3.63, 3.8) is 0 Å². The van der Waals surface area contributed by atoms with Gasteiger partial charge in [0.2, 0.25) is 0 Å². The quantitative estimate of drug-likeness (QED) is 0.712. The molecular weight excluding hydrogens is 340 g/mol. The number of aromatic nitrogens is 1. The Hall–Kier alpha value is -1.74. The van der Waals surface area contributed by atoms with Crippen molar-refractivity contribution in [3.8, 4) is 6.07 Å². The van der Waals surface area contributed by atoms with Crippen molar-refractivity contribution < 1.29 is 0 Å². The smallest absolute Gasteiger partial charge is 0.121 e. The molecule has 1 aliphatic heterocycles. The van der Waals surface area contributed by atoms with Crippen LogP contribution in [0.5, 0.6) is 0 Å². The first-order chi connectivity index (χ1) is 12.6. The van der Waals surface area contributed by atoms with E-state index in [1.807, 2.05) is 24.1 Å². The van der Waals surface area contributed by atoms with Gasteiger partial charge in [-0.2, -0.15) is 5.26 Å². The molecule has 3 rings (SSSR count). The van der Waals surface area contributed by atoms with E-state index in [0.717, 1.165) is 55.9 Å². The molecule has 1 saturated heterocycles. The molecule has 1 atom stereocenters. The molecule has 0 amide bonds. The molecule has 0 bridgehead atoms. The van der Waals surface area contributed by atoms with Crippen molar-refractivity contribution in [3.05, 3.63) is 41.6 Å². The first-order valence-electron chi connectivity index (χ1n) is 9.27. The summed E-state index contributed by atoms with van der Waals surface area (Å²) >= 11 is 1.84. The number of piperazine rings is 1. The number of hydrogen-bond donors (Lipinski definition) is 0. The number of aryl methyl sites for hydroxylation is 1. The molecule has 0 saturated carbocycles. The molecule has 26 heavy (non-hydrogen) atoms. The predicted octanol–water partition coefficient (Wildman–Crippen LogP) is 4.31. The number of hydrogen-bond acceptors (Lipinski definition) is 4. The normalized spacial score (nSPS) is 17.3. The molecule has 1 aromatic heterocycles. The number of nitriles is 1. The van der Waals surface area contributed by atoms with Crippen molar-refractivity contribution in [2.24, 2.45) is 0 Å². The van der Waals surface area contributed by atoms with E-state index in [-0.39, 0.29) is 0 Å². The van der Waals surface area contributed by atoms with Crippen LogP contribution in [-0.2, 0) is 0 Å². The fourth-order valence-electron chi connectivity index (χ4n) is 3.88. The van der Waals surface area contributed by atoms with Crippen LogP contribution < -0.4 is 0 Å². The van der Waals surface area contributed by atoms with Crippen LogP contribution >= 0.6 is 11.9 Å². The van der Waals surface area contributed by atoms with E-state index in [1.165, 1.54) is 10.9 Å².